The molecule has 0 bridgehead atoms. The van der Waals surface area contributed by atoms with Crippen molar-refractivity contribution in [3.8, 4) is 0 Å². The molecule has 0 amide bonds. The van der Waals surface area contributed by atoms with E-state index in [1.165, 1.54) is 0 Å². The van der Waals surface area contributed by atoms with E-state index in [1.807, 2.05) is 20.0 Å². The molecule has 18 heavy (non-hydrogen) atoms. The van der Waals surface area contributed by atoms with Gasteiger partial charge in [-0.05, 0) is 28.7 Å². The highest BCUT2D eigenvalue weighted by Crippen LogP contribution is 2.15. The summed E-state index contributed by atoms with van der Waals surface area (Å²) in [4.78, 5) is 22.8. The van der Waals surface area contributed by atoms with Crippen LogP contribution in [0.5, 0.6) is 0 Å². The van der Waals surface area contributed by atoms with Gasteiger partial charge < -0.3 is 5.11 Å². The highest BCUT2D eigenvalue weighted by atomic mass is 127. The number of rotatable bonds is 3. The highest BCUT2D eigenvalue weighted by Gasteiger charge is 2.15. The molecule has 2 aromatic rings. The van der Waals surface area contributed by atoms with Gasteiger partial charge in [0.15, 0.2) is 0 Å². The highest BCUT2D eigenvalue weighted by molar-refractivity contribution is 14.1. The van der Waals surface area contributed by atoms with Crippen LogP contribution >= 0.6 is 22.6 Å². The van der Waals surface area contributed by atoms with Crippen molar-refractivity contribution >= 4 is 34.1 Å². The number of fused-ring (bicyclic) bond motifs is 1. The van der Waals surface area contributed by atoms with Crippen LogP contribution < -0.4 is 5.56 Å². The van der Waals surface area contributed by atoms with Gasteiger partial charge in [0, 0.05) is 15.7 Å². The number of carboxylic acid groups (broad SMARTS) is 1. The summed E-state index contributed by atoms with van der Waals surface area (Å²) in [5, 5.41) is 12.9. The number of aromatic nitrogens is 3. The van der Waals surface area contributed by atoms with Crippen molar-refractivity contribution in [2.24, 2.45) is 0 Å². The zero-order valence-electron chi connectivity index (χ0n) is 9.92. The Balaban J connectivity index is 2.78. The van der Waals surface area contributed by atoms with Crippen LogP contribution in [0.3, 0.4) is 0 Å². The van der Waals surface area contributed by atoms with E-state index in [0.29, 0.717) is 11.3 Å². The van der Waals surface area contributed by atoms with Gasteiger partial charge in [-0.15, -0.1) is 0 Å². The second-order valence-electron chi connectivity index (χ2n) is 4.28. The van der Waals surface area contributed by atoms with Gasteiger partial charge in [0.05, 0.1) is 0 Å². The van der Waals surface area contributed by atoms with Crippen LogP contribution in [-0.2, 0) is 11.3 Å². The smallest absolute Gasteiger partial charge is 0.325 e. The number of carbonyl (C=O) groups is 1. The SMILES string of the molecule is CC(C)c1nn(CC(=O)O)c(=O)c2cc(I)cn12. The van der Waals surface area contributed by atoms with Crippen molar-refractivity contribution < 1.29 is 9.90 Å². The molecule has 0 spiro atoms. The summed E-state index contributed by atoms with van der Waals surface area (Å²) in [6.07, 6.45) is 1.82. The minimum atomic E-state index is -1.08. The number of halogens is 1. The molecule has 0 radical (unpaired) electrons. The van der Waals surface area contributed by atoms with Crippen LogP contribution in [0.1, 0.15) is 25.6 Å². The third-order valence-corrected chi connectivity index (χ3v) is 3.10. The number of nitrogens with zero attached hydrogens (tertiary/aromatic N) is 3. The van der Waals surface area contributed by atoms with Gasteiger partial charge in [-0.2, -0.15) is 5.10 Å². The Morgan fingerprint density at radius 3 is 2.78 bits per heavy atom. The molecular formula is C11H12IN3O3. The van der Waals surface area contributed by atoms with Crippen LogP contribution in [0.15, 0.2) is 17.1 Å². The van der Waals surface area contributed by atoms with E-state index in [-0.39, 0.29) is 11.5 Å². The lowest BCUT2D eigenvalue weighted by Gasteiger charge is -2.11. The Morgan fingerprint density at radius 2 is 2.22 bits per heavy atom. The molecule has 0 aliphatic rings. The van der Waals surface area contributed by atoms with Crippen LogP contribution in [0, 0.1) is 3.57 Å². The Bertz CT molecular complexity index is 672. The van der Waals surface area contributed by atoms with Crippen molar-refractivity contribution in [1.29, 1.82) is 0 Å². The van der Waals surface area contributed by atoms with Gasteiger partial charge >= 0.3 is 5.97 Å². The predicted octanol–water partition coefficient (Wildman–Crippen LogP) is 1.31. The first kappa shape index (κ1) is 13.1. The van der Waals surface area contributed by atoms with E-state index in [9.17, 15) is 9.59 Å². The monoisotopic (exact) mass is 361 g/mol. The minimum absolute atomic E-state index is 0.0938. The van der Waals surface area contributed by atoms with Crippen molar-refractivity contribution in [2.45, 2.75) is 26.3 Å². The van der Waals surface area contributed by atoms with E-state index in [1.54, 1.807) is 10.5 Å². The molecule has 0 saturated carbocycles. The van der Waals surface area contributed by atoms with Gasteiger partial charge in [-0.3, -0.25) is 14.0 Å². The number of carboxylic acids is 1. The zero-order chi connectivity index (χ0) is 13.4. The number of hydrogen-bond acceptors (Lipinski definition) is 3. The number of aliphatic carboxylic acids is 1. The Kier molecular flexibility index (Phi) is 3.42. The summed E-state index contributed by atoms with van der Waals surface area (Å²) in [5.74, 6) is -0.310. The molecule has 96 valence electrons. The van der Waals surface area contributed by atoms with Gasteiger partial charge in [0.1, 0.15) is 17.9 Å². The molecule has 0 atom stereocenters. The average Bonchev–Trinajstić information content (AvgIpc) is 2.63. The predicted molar refractivity (Wildman–Crippen MR) is 73.9 cm³/mol. The third-order valence-electron chi connectivity index (χ3n) is 2.51. The number of hydrogen-bond donors (Lipinski definition) is 1. The maximum atomic E-state index is 12.1. The first-order chi connectivity index (χ1) is 8.40. The molecule has 1 N–H and O–H groups in total. The quantitative estimate of drug-likeness (QED) is 0.837. The molecule has 2 aromatic heterocycles. The molecule has 0 aliphatic carbocycles. The first-order valence-electron chi connectivity index (χ1n) is 5.40. The second-order valence-corrected chi connectivity index (χ2v) is 5.53. The molecule has 6 nitrogen and oxygen atoms in total. The first-order valence-corrected chi connectivity index (χ1v) is 6.48. The lowest BCUT2D eigenvalue weighted by molar-refractivity contribution is -0.138. The van der Waals surface area contributed by atoms with Gasteiger partial charge in [-0.25, -0.2) is 4.68 Å². The van der Waals surface area contributed by atoms with E-state index in [0.717, 1.165) is 8.25 Å². The van der Waals surface area contributed by atoms with Crippen LogP contribution in [0.2, 0.25) is 0 Å². The summed E-state index contributed by atoms with van der Waals surface area (Å²) >= 11 is 2.11. The standard InChI is InChI=1S/C11H12IN3O3/c1-6(2)10-13-15(5-9(16)17)11(18)8-3-7(12)4-14(8)10/h3-4,6H,5H2,1-2H3,(H,16,17). The molecule has 0 saturated heterocycles. The van der Waals surface area contributed by atoms with E-state index in [4.69, 9.17) is 5.11 Å². The fourth-order valence-corrected chi connectivity index (χ4v) is 2.34. The van der Waals surface area contributed by atoms with E-state index < -0.39 is 12.5 Å². The zero-order valence-corrected chi connectivity index (χ0v) is 12.1. The van der Waals surface area contributed by atoms with Gasteiger partial charge in [0.25, 0.3) is 5.56 Å². The molecule has 7 heteroatoms. The molecule has 2 heterocycles. The minimum Gasteiger partial charge on any atom is -0.480 e. The summed E-state index contributed by atoms with van der Waals surface area (Å²) < 4.78 is 3.65. The van der Waals surface area contributed by atoms with Gasteiger partial charge in [-0.1, -0.05) is 13.8 Å². The Labute approximate surface area is 116 Å². The van der Waals surface area contributed by atoms with E-state index >= 15 is 0 Å². The fraction of sp³-hybridized carbons (Fsp3) is 0.364. The molecule has 0 aromatic carbocycles. The van der Waals surface area contributed by atoms with E-state index in [2.05, 4.69) is 27.7 Å². The van der Waals surface area contributed by atoms with Crippen molar-refractivity contribution in [3.05, 3.63) is 32.0 Å². The largest absolute Gasteiger partial charge is 0.480 e. The normalized spacial score (nSPS) is 11.3. The Hall–Kier alpha value is -1.38. The summed E-state index contributed by atoms with van der Waals surface area (Å²) in [6.45, 7) is 3.48. The molecular weight excluding hydrogens is 349 g/mol. The lowest BCUT2D eigenvalue weighted by Crippen LogP contribution is -2.30. The van der Waals surface area contributed by atoms with Crippen molar-refractivity contribution in [3.63, 3.8) is 0 Å². The van der Waals surface area contributed by atoms with Crippen LogP contribution in [0.25, 0.3) is 5.52 Å². The molecule has 2 rings (SSSR count). The van der Waals surface area contributed by atoms with Crippen LogP contribution in [-0.4, -0.2) is 25.3 Å². The van der Waals surface area contributed by atoms with Gasteiger partial charge in [0.2, 0.25) is 0 Å². The summed E-state index contributed by atoms with van der Waals surface area (Å²) in [7, 11) is 0. The molecule has 0 aliphatic heterocycles. The second kappa shape index (κ2) is 4.71. The summed E-state index contributed by atoms with van der Waals surface area (Å²) in [6, 6.07) is 1.73. The Morgan fingerprint density at radius 1 is 1.56 bits per heavy atom. The topological polar surface area (TPSA) is 76.6 Å². The van der Waals surface area contributed by atoms with Crippen LogP contribution in [0.4, 0.5) is 0 Å². The lowest BCUT2D eigenvalue weighted by atomic mass is 10.2. The van der Waals surface area contributed by atoms with Crippen molar-refractivity contribution in [1.82, 2.24) is 14.2 Å². The van der Waals surface area contributed by atoms with Crippen molar-refractivity contribution in [2.75, 3.05) is 0 Å². The maximum absolute atomic E-state index is 12.1. The summed E-state index contributed by atoms with van der Waals surface area (Å²) in [5.41, 5.74) is 0.0732. The average molecular weight is 361 g/mol. The molecule has 0 unspecified atom stereocenters. The fourth-order valence-electron chi connectivity index (χ4n) is 1.76. The maximum Gasteiger partial charge on any atom is 0.325 e. The third kappa shape index (κ3) is 2.26. The molecule has 0 fully saturated rings.